The zero-order chi connectivity index (χ0) is 82.5. The Morgan fingerprint density at radius 3 is 1.97 bits per heavy atom. The molecule has 7 rings (SSSR count). The Morgan fingerprint density at radius 1 is 0.712 bits per heavy atom. The Bertz CT molecular complexity index is 4510. The van der Waals surface area contributed by atoms with Crippen LogP contribution in [0.5, 0.6) is 5.75 Å². The van der Waals surface area contributed by atoms with Gasteiger partial charge in [-0.1, -0.05) is 68.5 Å². The number of nitrogens with zero attached hydrogens (tertiary/aromatic N) is 3. The second kappa shape index (κ2) is 46.6. The molecular weight excluding hydrogens is 1540 g/mol. The van der Waals surface area contributed by atoms with Crippen LogP contribution in [0.15, 0.2) is 132 Å². The Morgan fingerprint density at radius 2 is 1.35 bits per heavy atom. The molecule has 3 aliphatic rings. The number of aromatic nitrogens is 2. The summed E-state index contributed by atoms with van der Waals surface area (Å²) in [5.74, 6) is -5.75. The van der Waals surface area contributed by atoms with E-state index in [1.54, 1.807) is 24.3 Å². The van der Waals surface area contributed by atoms with Crippen molar-refractivity contribution in [3.05, 3.63) is 155 Å². The molecule has 0 saturated heterocycles. The monoisotopic (exact) mass is 1630 g/mol. The normalized spacial score (nSPS) is 15.5. The zero-order valence-corrected chi connectivity index (χ0v) is 64.9. The van der Waals surface area contributed by atoms with Crippen LogP contribution in [0.25, 0.3) is 0 Å². The molecule has 3 aromatic carbocycles. The van der Waals surface area contributed by atoms with Crippen LogP contribution in [0.2, 0.25) is 0 Å². The van der Waals surface area contributed by atoms with E-state index >= 15 is 0 Å². The molecule has 4 aromatic rings. The number of aliphatic carboxylic acids is 3. The molecule has 0 saturated carbocycles. The predicted octanol–water partition coefficient (Wildman–Crippen LogP) is 5.97. The fraction of sp³-hybridized carbons (Fsp3) is 0.479. The van der Waals surface area contributed by atoms with Gasteiger partial charge in [0.1, 0.15) is 29.9 Å². The number of para-hydroxylation sites is 2. The quantitative estimate of drug-likeness (QED) is 0.0144. The number of rotatable bonds is 43. The van der Waals surface area contributed by atoms with Crippen molar-refractivity contribution in [2.45, 2.75) is 160 Å². The predicted molar refractivity (Wildman–Crippen MR) is 396 cm³/mol. The highest BCUT2D eigenvalue weighted by Gasteiger charge is 2.44. The number of urea groups is 1. The summed E-state index contributed by atoms with van der Waals surface area (Å²) >= 11 is 0. The highest BCUT2D eigenvalue weighted by atomic mass is 32.2. The first-order chi connectivity index (χ1) is 52.4. The summed E-state index contributed by atoms with van der Waals surface area (Å²) < 4.78 is 139. The molecule has 0 unspecified atom stereocenters. The number of carbonyl (C=O) groups excluding carboxylic acids is 6. The summed E-state index contributed by atoms with van der Waals surface area (Å²) in [5, 5.41) is 36.2. The van der Waals surface area contributed by atoms with Gasteiger partial charge in [-0.15, -0.1) is 25.3 Å². The molecule has 0 fully saturated rings. The van der Waals surface area contributed by atoms with E-state index in [9.17, 15) is 69.7 Å². The van der Waals surface area contributed by atoms with Crippen LogP contribution in [0, 0.1) is 5.92 Å². The minimum Gasteiger partial charge on any atom is -0.748 e. The summed E-state index contributed by atoms with van der Waals surface area (Å²) in [6.45, 7) is 9.96. The number of fused-ring (bicyclic) bond motifs is 2. The summed E-state index contributed by atoms with van der Waals surface area (Å²) in [6, 6.07) is 19.9. The number of anilines is 1. The van der Waals surface area contributed by atoms with Gasteiger partial charge in [-0.05, 0) is 131 Å². The molecule has 38 heteroatoms. The minimum atomic E-state index is -4.39. The van der Waals surface area contributed by atoms with Crippen LogP contribution in [0.4, 0.5) is 16.2 Å². The second-order valence-corrected chi connectivity index (χ2v) is 30.6. The Kier molecular flexibility index (Phi) is 39.2. The van der Waals surface area contributed by atoms with Gasteiger partial charge >= 0.3 is 51.3 Å². The van der Waals surface area contributed by atoms with Crippen molar-refractivity contribution in [3.8, 4) is 5.75 Å². The molecule has 0 bridgehead atoms. The molecule has 0 radical (unpaired) electrons. The molecule has 8 N–H and O–H groups in total. The number of ether oxygens (including phenoxy) is 3. The molecule has 34 nitrogen and oxygen atoms in total. The van der Waals surface area contributed by atoms with Gasteiger partial charge in [0.25, 0.3) is 10.1 Å². The number of carboxylic acid groups (broad SMARTS) is 3. The minimum absolute atomic E-state index is 0.0105. The Labute approximate surface area is 645 Å². The van der Waals surface area contributed by atoms with E-state index in [1.807, 2.05) is 36.4 Å². The molecule has 606 valence electrons. The van der Waals surface area contributed by atoms with E-state index < -0.39 is 118 Å². The van der Waals surface area contributed by atoms with Gasteiger partial charge in [-0.3, -0.25) is 28.5 Å². The van der Waals surface area contributed by atoms with E-state index in [-0.39, 0.29) is 115 Å². The SMILES string of the molecule is CC1(C)C(=CC=C2CCCC(C=CC3=[N+](CCCCS(=O)(=O)O)c4ccccc4C3(C)C)=C2Oc2ccc(C[C@H](CC(=O)[C@H](Cc3cnc[nH]3)NC(=O)CCOCCOCCCC(=O)CC[C@H](NC(=O)NCCCC(=O)O)C(=O)O)C(=O)O)cc2)N(CCCCS(=O)(=O)[O-])c2ccccc21.O=C=O.O=S(=O)=O.O=S(=O)=O. The number of Topliss-reactive ketones (excluding diaryl/α,β-unsaturated/α-hetero) is 2. The topological polar surface area (TPSA) is 527 Å². The number of unbranched alkanes of at least 4 members (excludes halogenated alkanes) is 2. The largest absolute Gasteiger partial charge is 0.748 e. The van der Waals surface area contributed by atoms with Crippen LogP contribution in [0.1, 0.15) is 146 Å². The molecule has 0 spiro atoms. The molecule has 1 aromatic heterocycles. The highest BCUT2D eigenvalue weighted by molar-refractivity contribution is 7.85. The number of carboxylic acids is 3. The average molecular weight is 1630 g/mol. The van der Waals surface area contributed by atoms with Gasteiger partial charge in [0.2, 0.25) is 11.6 Å². The third-order valence-electron chi connectivity index (χ3n) is 17.9. The lowest BCUT2D eigenvalue weighted by atomic mass is 9.81. The maximum Gasteiger partial charge on any atom is 0.425 e. The number of nitrogens with one attached hydrogen (secondary N) is 4. The average Bonchev–Trinajstić information content (AvgIpc) is 1.60. The van der Waals surface area contributed by atoms with E-state index in [4.69, 9.17) is 54.2 Å². The van der Waals surface area contributed by atoms with Gasteiger partial charge in [0, 0.05) is 117 Å². The van der Waals surface area contributed by atoms with Crippen LogP contribution < -0.4 is 25.6 Å². The van der Waals surface area contributed by atoms with Crippen LogP contribution in [-0.2, 0) is 113 Å². The standard InChI is InChI=1S/C72H93N7O19S2.CO2.2O3S/c1-71(2)56-19-5-7-21-60(56)78(36-9-11-42-99(90,91)92)63(71)32-26-50-16-13-17-51(27-33-64-72(3,4)57-20-6-8-22-61(57)79(64)37-10-12-43-100(93,94)95)67(50)98-55-29-24-49(25-30-55)44-52(68(85)86)45-62(81)59(46-53-47-73-48-75-53)76-65(82)34-39-97-41-40-96-38-15-18-54(80)28-31-58(69(87)88)77-70(89)74-35-14-23-66(83)84;2-1-3;2*1-4(2)3/h5-8,19-22,24-27,29-30,32-33,47-48,52,58-59H,9-18,23,28,31,34-46H2,1-4H3,(H8-,73,74,75,76,77,82,83,84,85,86,87,88,89,90,91,92,93,94,95);;;/t52-,58+,59+;;;/m1.../s1. The van der Waals surface area contributed by atoms with E-state index in [0.29, 0.717) is 68.0 Å². The third kappa shape index (κ3) is 33.6. The maximum atomic E-state index is 14.1. The fourth-order valence-corrected chi connectivity index (χ4v) is 13.8. The number of ketones is 2. The Balaban J connectivity index is 0.00000221. The molecule has 1 aliphatic carbocycles. The number of imidazole rings is 1. The second-order valence-electron chi connectivity index (χ2n) is 26.7. The number of hydrogen-bond donors (Lipinski definition) is 8. The van der Waals surface area contributed by atoms with Gasteiger partial charge in [0.15, 0.2) is 11.5 Å². The van der Waals surface area contributed by atoms with Crippen molar-refractivity contribution < 1.29 is 128 Å². The smallest absolute Gasteiger partial charge is 0.425 e. The number of benzene rings is 3. The van der Waals surface area contributed by atoms with Crippen molar-refractivity contribution in [3.63, 3.8) is 0 Å². The van der Waals surface area contributed by atoms with Crippen molar-refractivity contribution in [2.75, 3.05) is 62.5 Å². The Hall–Kier alpha value is -10.0. The van der Waals surface area contributed by atoms with E-state index in [2.05, 4.69) is 99.5 Å². The van der Waals surface area contributed by atoms with Gasteiger partial charge in [0.05, 0.1) is 59.4 Å². The van der Waals surface area contributed by atoms with Gasteiger partial charge in [-0.2, -0.15) is 22.6 Å². The number of hydrogen-bond acceptors (Lipinski definition) is 25. The van der Waals surface area contributed by atoms with Crippen LogP contribution in [0.3, 0.4) is 0 Å². The number of aromatic amines is 1. The van der Waals surface area contributed by atoms with Crippen molar-refractivity contribution >= 4 is 106 Å². The molecule has 3 atom stereocenters. The summed E-state index contributed by atoms with van der Waals surface area (Å²) in [7, 11) is -14.8. The van der Waals surface area contributed by atoms with Crippen LogP contribution in [-0.4, -0.2) is 204 Å². The van der Waals surface area contributed by atoms with E-state index in [0.717, 1.165) is 51.5 Å². The molecule has 3 amide bonds. The first-order valence-electron chi connectivity index (χ1n) is 35.2. The van der Waals surface area contributed by atoms with Crippen molar-refractivity contribution in [1.82, 2.24) is 25.9 Å². The van der Waals surface area contributed by atoms with Gasteiger partial charge < -0.3 is 59.9 Å². The number of carbonyl (C=O) groups is 7. The first kappa shape index (κ1) is 93.3. The molecule has 111 heavy (non-hydrogen) atoms. The maximum absolute atomic E-state index is 14.1. The summed E-state index contributed by atoms with van der Waals surface area (Å²) in [4.78, 5) is 113. The lowest BCUT2D eigenvalue weighted by Crippen LogP contribution is -2.46. The van der Waals surface area contributed by atoms with Crippen molar-refractivity contribution in [1.29, 1.82) is 0 Å². The highest BCUT2D eigenvalue weighted by Crippen LogP contribution is 2.48. The molecule has 3 heterocycles. The summed E-state index contributed by atoms with van der Waals surface area (Å²) in [5.41, 5.74) is 8.14. The van der Waals surface area contributed by atoms with Crippen molar-refractivity contribution in [2.24, 2.45) is 5.92 Å². The third-order valence-corrected chi connectivity index (χ3v) is 19.5. The fourth-order valence-electron chi connectivity index (χ4n) is 12.6. The van der Waals surface area contributed by atoms with Gasteiger partial charge in [-0.25, -0.2) is 23.0 Å². The van der Waals surface area contributed by atoms with E-state index in [1.165, 1.54) is 12.5 Å². The zero-order valence-electron chi connectivity index (χ0n) is 61.7. The van der Waals surface area contributed by atoms with Crippen LogP contribution >= 0.6 is 0 Å². The number of amides is 3. The number of H-pyrrole nitrogens is 1. The molecular formula is C73H93N7O27S4. The lowest BCUT2D eigenvalue weighted by molar-refractivity contribution is -0.438. The number of allylic oxidation sites excluding steroid dienone is 7. The molecule has 2 aliphatic heterocycles. The first-order valence-corrected chi connectivity index (χ1v) is 40.4. The summed E-state index contributed by atoms with van der Waals surface area (Å²) in [6.07, 6.45) is 14.6. The lowest BCUT2D eigenvalue weighted by Gasteiger charge is -2.28.